The highest BCUT2D eigenvalue weighted by molar-refractivity contribution is 5.45. The molecule has 1 unspecified atom stereocenters. The molecule has 0 fully saturated rings. The molecule has 3 aromatic rings. The first-order chi connectivity index (χ1) is 11.6. The molecule has 3 aromatic carbocycles. The summed E-state index contributed by atoms with van der Waals surface area (Å²) in [7, 11) is 0. The lowest BCUT2D eigenvalue weighted by molar-refractivity contribution is 0.516. The summed E-state index contributed by atoms with van der Waals surface area (Å²) in [6, 6.07) is 28.5. The maximum absolute atomic E-state index is 2.40. The third kappa shape index (κ3) is 3.28. The van der Waals surface area contributed by atoms with Crippen molar-refractivity contribution in [3.63, 3.8) is 0 Å². The Morgan fingerprint density at radius 3 is 2.00 bits per heavy atom. The van der Waals surface area contributed by atoms with Gasteiger partial charge in [0.15, 0.2) is 0 Å². The summed E-state index contributed by atoms with van der Waals surface area (Å²) in [5, 5.41) is 0. The minimum Gasteiger partial charge on any atom is -0.0622 e. The first-order valence-electron chi connectivity index (χ1n) is 8.77. The Morgan fingerprint density at radius 1 is 0.708 bits per heavy atom. The van der Waals surface area contributed by atoms with Crippen LogP contribution in [-0.2, 0) is 11.8 Å². The Kier molecular flexibility index (Phi) is 4.85. The summed E-state index contributed by atoms with van der Waals surface area (Å²) in [6.45, 7) is 6.86. The van der Waals surface area contributed by atoms with Crippen molar-refractivity contribution in [2.24, 2.45) is 0 Å². The van der Waals surface area contributed by atoms with Crippen LogP contribution in [0.3, 0.4) is 0 Å². The lowest BCUT2D eigenvalue weighted by Gasteiger charge is -2.33. The Bertz CT molecular complexity index is 787. The van der Waals surface area contributed by atoms with Crippen LogP contribution in [-0.4, -0.2) is 0 Å². The van der Waals surface area contributed by atoms with E-state index in [1.54, 1.807) is 0 Å². The summed E-state index contributed by atoms with van der Waals surface area (Å²) >= 11 is 0. The van der Waals surface area contributed by atoms with Crippen molar-refractivity contribution in [3.8, 4) is 0 Å². The van der Waals surface area contributed by atoms with Crippen LogP contribution in [0.1, 0.15) is 41.2 Å². The van der Waals surface area contributed by atoms with E-state index in [-0.39, 0.29) is 5.41 Å². The normalized spacial score (nSPS) is 13.5. The van der Waals surface area contributed by atoms with Gasteiger partial charge in [-0.05, 0) is 54.5 Å². The van der Waals surface area contributed by atoms with Crippen LogP contribution >= 0.6 is 0 Å². The minimum absolute atomic E-state index is 0.0210. The summed E-state index contributed by atoms with van der Waals surface area (Å²) in [6.07, 6.45) is 2.19. The summed E-state index contributed by atoms with van der Waals surface area (Å²) in [5.74, 6) is 0. The van der Waals surface area contributed by atoms with Gasteiger partial charge in [-0.15, -0.1) is 0 Å². The Morgan fingerprint density at radius 2 is 1.33 bits per heavy atom. The maximum Gasteiger partial charge on any atom is 0.0180 e. The molecule has 0 amide bonds. The van der Waals surface area contributed by atoms with Crippen molar-refractivity contribution in [2.75, 3.05) is 0 Å². The van der Waals surface area contributed by atoms with Crippen LogP contribution in [0.4, 0.5) is 0 Å². The molecule has 0 saturated heterocycles. The van der Waals surface area contributed by atoms with Gasteiger partial charge in [-0.2, -0.15) is 0 Å². The average molecular weight is 314 g/mol. The third-order valence-electron chi connectivity index (χ3n) is 5.37. The number of rotatable bonds is 5. The Balaban J connectivity index is 2.03. The largest absolute Gasteiger partial charge is 0.0622 e. The van der Waals surface area contributed by atoms with Crippen LogP contribution in [0.5, 0.6) is 0 Å². The quantitative estimate of drug-likeness (QED) is 0.522. The number of hydrogen-bond acceptors (Lipinski definition) is 0. The molecule has 0 saturated carbocycles. The minimum atomic E-state index is 0.0210. The topological polar surface area (TPSA) is 0 Å². The van der Waals surface area contributed by atoms with E-state index in [0.717, 1.165) is 12.8 Å². The lowest BCUT2D eigenvalue weighted by atomic mass is 9.70. The van der Waals surface area contributed by atoms with Gasteiger partial charge in [0.25, 0.3) is 0 Å². The van der Waals surface area contributed by atoms with Crippen molar-refractivity contribution in [2.45, 2.75) is 39.0 Å². The Labute approximate surface area is 146 Å². The van der Waals surface area contributed by atoms with Gasteiger partial charge in [-0.3, -0.25) is 0 Å². The van der Waals surface area contributed by atoms with Crippen molar-refractivity contribution in [3.05, 3.63) is 107 Å². The van der Waals surface area contributed by atoms with Crippen molar-refractivity contribution in [1.29, 1.82) is 0 Å². The summed E-state index contributed by atoms with van der Waals surface area (Å²) < 4.78 is 0. The molecule has 3 rings (SSSR count). The second-order valence-corrected chi connectivity index (χ2v) is 6.93. The highest BCUT2D eigenvalue weighted by Gasteiger charge is 2.30. The van der Waals surface area contributed by atoms with Crippen LogP contribution in [0.25, 0.3) is 0 Å². The molecule has 0 aromatic heterocycles. The zero-order valence-corrected chi connectivity index (χ0v) is 14.9. The van der Waals surface area contributed by atoms with Gasteiger partial charge in [0, 0.05) is 5.41 Å². The van der Waals surface area contributed by atoms with Crippen LogP contribution in [0, 0.1) is 13.8 Å². The molecule has 0 radical (unpaired) electrons. The fourth-order valence-electron chi connectivity index (χ4n) is 3.63. The lowest BCUT2D eigenvalue weighted by Crippen LogP contribution is -2.26. The number of benzene rings is 3. The smallest absolute Gasteiger partial charge is 0.0180 e. The van der Waals surface area contributed by atoms with Gasteiger partial charge in [-0.1, -0.05) is 85.8 Å². The summed E-state index contributed by atoms with van der Waals surface area (Å²) in [4.78, 5) is 0. The monoisotopic (exact) mass is 314 g/mol. The SMILES string of the molecule is Cc1cccc(C(C)(CCc2ccccc2)c2ccccc2)c1C. The second-order valence-electron chi connectivity index (χ2n) is 6.93. The zero-order chi connectivity index (χ0) is 17.0. The maximum atomic E-state index is 2.40. The fraction of sp³-hybridized carbons (Fsp3) is 0.250. The molecule has 0 bridgehead atoms. The van der Waals surface area contributed by atoms with E-state index in [0.29, 0.717) is 0 Å². The van der Waals surface area contributed by atoms with Crippen molar-refractivity contribution in [1.82, 2.24) is 0 Å². The first kappa shape index (κ1) is 16.5. The molecule has 0 spiro atoms. The average Bonchev–Trinajstić information content (AvgIpc) is 2.63. The molecule has 0 aliphatic carbocycles. The van der Waals surface area contributed by atoms with E-state index >= 15 is 0 Å². The van der Waals surface area contributed by atoms with Crippen LogP contribution in [0.15, 0.2) is 78.9 Å². The third-order valence-corrected chi connectivity index (χ3v) is 5.37. The molecule has 0 N–H and O–H groups in total. The van der Waals surface area contributed by atoms with E-state index in [4.69, 9.17) is 0 Å². The predicted molar refractivity (Wildman–Crippen MR) is 104 cm³/mol. The molecular weight excluding hydrogens is 288 g/mol. The first-order valence-corrected chi connectivity index (χ1v) is 8.77. The van der Waals surface area contributed by atoms with E-state index < -0.39 is 0 Å². The summed E-state index contributed by atoms with van der Waals surface area (Å²) in [5.41, 5.74) is 7.06. The van der Waals surface area contributed by atoms with Crippen molar-refractivity contribution < 1.29 is 0 Å². The Hall–Kier alpha value is -2.34. The molecular formula is C24H26. The van der Waals surface area contributed by atoms with Crippen LogP contribution < -0.4 is 0 Å². The molecule has 0 nitrogen and oxygen atoms in total. The zero-order valence-electron chi connectivity index (χ0n) is 14.9. The molecule has 0 heteroatoms. The highest BCUT2D eigenvalue weighted by Crippen LogP contribution is 2.38. The molecule has 122 valence electrons. The molecule has 24 heavy (non-hydrogen) atoms. The number of hydrogen-bond donors (Lipinski definition) is 0. The number of aryl methyl sites for hydroxylation is 2. The van der Waals surface area contributed by atoms with E-state index in [1.807, 2.05) is 0 Å². The van der Waals surface area contributed by atoms with E-state index in [9.17, 15) is 0 Å². The van der Waals surface area contributed by atoms with Gasteiger partial charge in [0.2, 0.25) is 0 Å². The fourth-order valence-corrected chi connectivity index (χ4v) is 3.63. The van der Waals surface area contributed by atoms with Gasteiger partial charge in [0.05, 0.1) is 0 Å². The molecule has 0 aliphatic rings. The van der Waals surface area contributed by atoms with Gasteiger partial charge in [0.1, 0.15) is 0 Å². The van der Waals surface area contributed by atoms with Gasteiger partial charge in [-0.25, -0.2) is 0 Å². The standard InChI is InChI=1S/C24H26/c1-19-11-10-16-23(20(19)2)24(3,22-14-8-5-9-15-22)18-17-21-12-6-4-7-13-21/h4-16H,17-18H2,1-3H3. The second kappa shape index (κ2) is 7.05. The van der Waals surface area contributed by atoms with Crippen LogP contribution in [0.2, 0.25) is 0 Å². The molecule has 0 heterocycles. The van der Waals surface area contributed by atoms with E-state index in [1.165, 1.54) is 27.8 Å². The van der Waals surface area contributed by atoms with E-state index in [2.05, 4.69) is 99.6 Å². The highest BCUT2D eigenvalue weighted by atomic mass is 14.3. The molecule has 1 atom stereocenters. The predicted octanol–water partition coefficient (Wildman–Crippen LogP) is 6.24. The van der Waals surface area contributed by atoms with Gasteiger partial charge >= 0.3 is 0 Å². The molecule has 0 aliphatic heterocycles. The van der Waals surface area contributed by atoms with Crippen molar-refractivity contribution >= 4 is 0 Å². The van der Waals surface area contributed by atoms with Gasteiger partial charge < -0.3 is 0 Å².